The van der Waals surface area contributed by atoms with Crippen LogP contribution < -0.4 is 19.5 Å². The van der Waals surface area contributed by atoms with E-state index in [0.717, 1.165) is 26.7 Å². The van der Waals surface area contributed by atoms with Gasteiger partial charge in [-0.3, -0.25) is 19.3 Å². The van der Waals surface area contributed by atoms with Gasteiger partial charge in [-0.05, 0) is 89.7 Å². The fraction of sp³-hybridized carbons (Fsp3) is 0.292. The molecular formula is C24H24ClIN2O6S. The van der Waals surface area contributed by atoms with Gasteiger partial charge in [-0.2, -0.15) is 0 Å². The van der Waals surface area contributed by atoms with Crippen molar-refractivity contribution in [1.29, 1.82) is 0 Å². The Morgan fingerprint density at radius 1 is 1.17 bits per heavy atom. The molecule has 1 aliphatic heterocycles. The van der Waals surface area contributed by atoms with Crippen molar-refractivity contribution in [2.24, 2.45) is 0 Å². The van der Waals surface area contributed by atoms with Crippen molar-refractivity contribution in [1.82, 2.24) is 4.90 Å². The maximum Gasteiger partial charge on any atom is 0.294 e. The predicted molar refractivity (Wildman–Crippen MR) is 145 cm³/mol. The molecule has 0 atom stereocenters. The van der Waals surface area contributed by atoms with Gasteiger partial charge < -0.3 is 19.5 Å². The molecule has 0 spiro atoms. The topological polar surface area (TPSA) is 94.2 Å². The molecule has 186 valence electrons. The number of halogens is 2. The summed E-state index contributed by atoms with van der Waals surface area (Å²) in [4.78, 5) is 39.0. The number of amides is 3. The highest BCUT2D eigenvalue weighted by Gasteiger charge is 2.36. The van der Waals surface area contributed by atoms with E-state index in [1.807, 2.05) is 19.9 Å². The lowest BCUT2D eigenvalue weighted by Crippen LogP contribution is -2.36. The molecule has 0 unspecified atom stereocenters. The molecule has 2 aromatic carbocycles. The monoisotopic (exact) mass is 630 g/mol. The Bertz CT molecular complexity index is 1170. The zero-order chi connectivity index (χ0) is 25.5. The van der Waals surface area contributed by atoms with Gasteiger partial charge in [0.2, 0.25) is 5.91 Å². The molecular weight excluding hydrogens is 607 g/mol. The third kappa shape index (κ3) is 6.83. The van der Waals surface area contributed by atoms with Crippen molar-refractivity contribution < 1.29 is 28.6 Å². The number of methoxy groups -OCH3 is 1. The van der Waals surface area contributed by atoms with Crippen LogP contribution in [0.3, 0.4) is 0 Å². The summed E-state index contributed by atoms with van der Waals surface area (Å²) in [5, 5.41) is 2.44. The standard InChI is InChI=1S/C24H24ClIN2O6S/c1-4-8-34-22-17(26)9-14(10-19(22)33-5-2)11-20-23(30)28(24(31)35-20)13-21(29)27-15-6-7-18(32-3)16(25)12-15/h6-7,9-12H,4-5,8,13H2,1-3H3,(H,27,29)/b20-11-. The van der Waals surface area contributed by atoms with E-state index in [1.165, 1.54) is 13.2 Å². The Balaban J connectivity index is 1.74. The van der Waals surface area contributed by atoms with Crippen molar-refractivity contribution in [2.75, 3.05) is 32.2 Å². The number of hydrogen-bond donors (Lipinski definition) is 1. The van der Waals surface area contributed by atoms with E-state index in [4.69, 9.17) is 25.8 Å². The van der Waals surface area contributed by atoms with E-state index < -0.39 is 23.6 Å². The van der Waals surface area contributed by atoms with Gasteiger partial charge in [0.25, 0.3) is 11.1 Å². The number of thioether (sulfide) groups is 1. The molecule has 3 amide bonds. The normalized spacial score (nSPS) is 14.4. The van der Waals surface area contributed by atoms with Crippen molar-refractivity contribution in [2.45, 2.75) is 20.3 Å². The Kier molecular flexibility index (Phi) is 9.70. The Morgan fingerprint density at radius 3 is 2.60 bits per heavy atom. The van der Waals surface area contributed by atoms with Crippen LogP contribution in [0, 0.1) is 3.57 Å². The van der Waals surface area contributed by atoms with E-state index in [0.29, 0.717) is 46.7 Å². The number of carbonyl (C=O) groups excluding carboxylic acids is 3. The summed E-state index contributed by atoms with van der Waals surface area (Å²) in [6.45, 7) is 4.48. The molecule has 11 heteroatoms. The third-order valence-electron chi connectivity index (χ3n) is 4.69. The van der Waals surface area contributed by atoms with Gasteiger partial charge in [-0.15, -0.1) is 0 Å². The first-order chi connectivity index (χ1) is 16.8. The van der Waals surface area contributed by atoms with Gasteiger partial charge in [0.05, 0.1) is 33.8 Å². The van der Waals surface area contributed by atoms with Crippen LogP contribution in [0.25, 0.3) is 6.08 Å². The number of nitrogens with zero attached hydrogens (tertiary/aromatic N) is 1. The second-order valence-electron chi connectivity index (χ2n) is 7.28. The summed E-state index contributed by atoms with van der Waals surface area (Å²) >= 11 is 9.01. The van der Waals surface area contributed by atoms with E-state index in [9.17, 15) is 14.4 Å². The number of benzene rings is 2. The van der Waals surface area contributed by atoms with E-state index in [-0.39, 0.29) is 4.91 Å². The molecule has 1 N–H and O–H groups in total. The molecule has 0 aliphatic carbocycles. The van der Waals surface area contributed by atoms with Gasteiger partial charge >= 0.3 is 0 Å². The van der Waals surface area contributed by atoms with E-state index in [1.54, 1.807) is 24.3 Å². The minimum atomic E-state index is -0.540. The van der Waals surface area contributed by atoms with Crippen LogP contribution >= 0.6 is 46.0 Å². The predicted octanol–water partition coefficient (Wildman–Crippen LogP) is 5.82. The first-order valence-electron chi connectivity index (χ1n) is 10.7. The molecule has 0 bridgehead atoms. The molecule has 1 aliphatic rings. The van der Waals surface area contributed by atoms with Gasteiger partial charge in [-0.25, -0.2) is 0 Å². The number of nitrogens with one attached hydrogen (secondary N) is 1. The Hall–Kier alpha value is -2.44. The van der Waals surface area contributed by atoms with Crippen LogP contribution in [0.5, 0.6) is 17.2 Å². The summed E-state index contributed by atoms with van der Waals surface area (Å²) < 4.78 is 17.4. The molecule has 1 saturated heterocycles. The average molecular weight is 631 g/mol. The lowest BCUT2D eigenvalue weighted by molar-refractivity contribution is -0.127. The molecule has 0 aromatic heterocycles. The second-order valence-corrected chi connectivity index (χ2v) is 9.84. The zero-order valence-corrected chi connectivity index (χ0v) is 23.1. The van der Waals surface area contributed by atoms with Crippen molar-refractivity contribution in [3.05, 3.63) is 49.4 Å². The van der Waals surface area contributed by atoms with Crippen LogP contribution in [0.1, 0.15) is 25.8 Å². The maximum atomic E-state index is 12.9. The molecule has 0 saturated carbocycles. The smallest absolute Gasteiger partial charge is 0.294 e. The highest BCUT2D eigenvalue weighted by Crippen LogP contribution is 2.37. The number of rotatable bonds is 10. The largest absolute Gasteiger partial charge is 0.495 e. The SMILES string of the molecule is CCCOc1c(I)cc(/C=C2\SC(=O)N(CC(=O)Nc3ccc(OC)c(Cl)c3)C2=O)cc1OCC. The highest BCUT2D eigenvalue weighted by atomic mass is 127. The van der Waals surface area contributed by atoms with Crippen LogP contribution in [0.15, 0.2) is 35.2 Å². The van der Waals surface area contributed by atoms with Gasteiger partial charge in [0.1, 0.15) is 12.3 Å². The number of imide groups is 1. The van der Waals surface area contributed by atoms with Crippen molar-refractivity contribution in [3.8, 4) is 17.2 Å². The molecule has 1 fully saturated rings. The van der Waals surface area contributed by atoms with E-state index >= 15 is 0 Å². The van der Waals surface area contributed by atoms with E-state index in [2.05, 4.69) is 27.9 Å². The summed E-state index contributed by atoms with van der Waals surface area (Å²) in [6.07, 6.45) is 2.47. The zero-order valence-electron chi connectivity index (χ0n) is 19.4. The minimum Gasteiger partial charge on any atom is -0.495 e. The molecule has 8 nitrogen and oxygen atoms in total. The lowest BCUT2D eigenvalue weighted by atomic mass is 10.2. The van der Waals surface area contributed by atoms with Crippen LogP contribution in [0.2, 0.25) is 5.02 Å². The molecule has 2 aromatic rings. The first-order valence-corrected chi connectivity index (χ1v) is 13.0. The fourth-order valence-electron chi connectivity index (χ4n) is 3.15. The number of carbonyl (C=O) groups is 3. The summed E-state index contributed by atoms with van der Waals surface area (Å²) in [5.74, 6) is 0.612. The summed E-state index contributed by atoms with van der Waals surface area (Å²) in [6, 6.07) is 8.36. The van der Waals surface area contributed by atoms with Gasteiger partial charge in [-0.1, -0.05) is 18.5 Å². The lowest BCUT2D eigenvalue weighted by Gasteiger charge is -2.14. The highest BCUT2D eigenvalue weighted by molar-refractivity contribution is 14.1. The van der Waals surface area contributed by atoms with Crippen LogP contribution in [-0.4, -0.2) is 48.8 Å². The average Bonchev–Trinajstić information content (AvgIpc) is 3.06. The van der Waals surface area contributed by atoms with Crippen LogP contribution in [-0.2, 0) is 9.59 Å². The Labute approximate surface area is 226 Å². The van der Waals surface area contributed by atoms with Crippen molar-refractivity contribution >= 4 is 74.8 Å². The molecule has 0 radical (unpaired) electrons. The molecule has 35 heavy (non-hydrogen) atoms. The molecule has 1 heterocycles. The summed E-state index contributed by atoms with van der Waals surface area (Å²) in [7, 11) is 1.49. The third-order valence-corrected chi connectivity index (χ3v) is 6.69. The van der Waals surface area contributed by atoms with Gasteiger partial charge in [0.15, 0.2) is 11.5 Å². The fourth-order valence-corrected chi connectivity index (χ4v) is 5.03. The van der Waals surface area contributed by atoms with Crippen molar-refractivity contribution in [3.63, 3.8) is 0 Å². The number of hydrogen-bond acceptors (Lipinski definition) is 7. The summed E-state index contributed by atoms with van der Waals surface area (Å²) in [5.41, 5.74) is 1.11. The Morgan fingerprint density at radius 2 is 1.94 bits per heavy atom. The molecule has 3 rings (SSSR count). The quantitative estimate of drug-likeness (QED) is 0.261. The number of ether oxygens (including phenoxy) is 3. The number of anilines is 1. The van der Waals surface area contributed by atoms with Crippen LogP contribution in [0.4, 0.5) is 10.5 Å². The maximum absolute atomic E-state index is 12.9. The van der Waals surface area contributed by atoms with Gasteiger partial charge in [0, 0.05) is 5.69 Å². The second kappa shape index (κ2) is 12.5. The first kappa shape index (κ1) is 27.2. The minimum absolute atomic E-state index is 0.218.